The molecular formula is C11H13ClN4. The maximum atomic E-state index is 6.12. The summed E-state index contributed by atoms with van der Waals surface area (Å²) >= 11 is 6.09. The van der Waals surface area contributed by atoms with Gasteiger partial charge in [-0.1, -0.05) is 29.8 Å². The molecule has 1 atom stereocenters. The van der Waals surface area contributed by atoms with Crippen LogP contribution in [0.25, 0.3) is 0 Å². The Morgan fingerprint density at radius 2 is 2.00 bits per heavy atom. The van der Waals surface area contributed by atoms with E-state index in [-0.39, 0.29) is 6.04 Å². The average molecular weight is 237 g/mol. The predicted octanol–water partition coefficient (Wildman–Crippen LogP) is 1.83. The second kappa shape index (κ2) is 4.23. The summed E-state index contributed by atoms with van der Waals surface area (Å²) in [6, 6.07) is 7.15. The van der Waals surface area contributed by atoms with E-state index in [1.807, 2.05) is 42.8 Å². The highest BCUT2D eigenvalue weighted by atomic mass is 35.5. The number of hydrogen-bond donors (Lipinski definition) is 1. The molecule has 5 heteroatoms. The molecule has 0 aliphatic carbocycles. The normalized spacial score (nSPS) is 12.8. The fourth-order valence-corrected chi connectivity index (χ4v) is 1.81. The lowest BCUT2D eigenvalue weighted by molar-refractivity contribution is 0.706. The van der Waals surface area contributed by atoms with Crippen LogP contribution in [0.4, 0.5) is 0 Å². The van der Waals surface area contributed by atoms with E-state index in [1.165, 1.54) is 0 Å². The van der Waals surface area contributed by atoms with Gasteiger partial charge in [0.25, 0.3) is 0 Å². The van der Waals surface area contributed by atoms with Crippen molar-refractivity contribution < 1.29 is 0 Å². The molecule has 4 nitrogen and oxygen atoms in total. The van der Waals surface area contributed by atoms with Gasteiger partial charge in [0.1, 0.15) is 5.82 Å². The quantitative estimate of drug-likeness (QED) is 0.866. The summed E-state index contributed by atoms with van der Waals surface area (Å²) in [6.45, 7) is 1.88. The van der Waals surface area contributed by atoms with Crippen LogP contribution >= 0.6 is 11.6 Å². The van der Waals surface area contributed by atoms with Gasteiger partial charge in [0.15, 0.2) is 5.82 Å². The molecule has 0 radical (unpaired) electrons. The van der Waals surface area contributed by atoms with Crippen molar-refractivity contribution in [1.82, 2.24) is 14.8 Å². The van der Waals surface area contributed by atoms with E-state index >= 15 is 0 Å². The zero-order chi connectivity index (χ0) is 11.7. The molecule has 0 amide bonds. The summed E-state index contributed by atoms with van der Waals surface area (Å²) < 4.78 is 1.87. The van der Waals surface area contributed by atoms with Crippen LogP contribution in [0, 0.1) is 6.92 Å². The lowest BCUT2D eigenvalue weighted by atomic mass is 10.1. The van der Waals surface area contributed by atoms with Crippen molar-refractivity contribution in [3.05, 3.63) is 46.5 Å². The zero-order valence-corrected chi connectivity index (χ0v) is 9.94. The van der Waals surface area contributed by atoms with Crippen molar-refractivity contribution in [2.24, 2.45) is 12.8 Å². The van der Waals surface area contributed by atoms with E-state index in [2.05, 4.69) is 10.2 Å². The molecule has 1 aromatic carbocycles. The van der Waals surface area contributed by atoms with Gasteiger partial charge in [0.05, 0.1) is 6.04 Å². The lowest BCUT2D eigenvalue weighted by Crippen LogP contribution is -2.17. The Morgan fingerprint density at radius 3 is 2.56 bits per heavy atom. The summed E-state index contributed by atoms with van der Waals surface area (Å²) in [6.07, 6.45) is 0. The second-order valence-electron chi connectivity index (χ2n) is 3.66. The van der Waals surface area contributed by atoms with Gasteiger partial charge in [-0.25, -0.2) is 0 Å². The minimum Gasteiger partial charge on any atom is -0.318 e. The van der Waals surface area contributed by atoms with E-state index in [1.54, 1.807) is 0 Å². The molecule has 0 spiro atoms. The van der Waals surface area contributed by atoms with Crippen molar-refractivity contribution in [3.8, 4) is 0 Å². The van der Waals surface area contributed by atoms with Gasteiger partial charge in [-0.15, -0.1) is 10.2 Å². The van der Waals surface area contributed by atoms with Gasteiger partial charge in [0.2, 0.25) is 0 Å². The van der Waals surface area contributed by atoms with Crippen molar-refractivity contribution in [2.75, 3.05) is 0 Å². The number of halogens is 1. The molecule has 16 heavy (non-hydrogen) atoms. The molecule has 2 rings (SSSR count). The molecule has 0 unspecified atom stereocenters. The first-order valence-electron chi connectivity index (χ1n) is 4.97. The fraction of sp³-hybridized carbons (Fsp3) is 0.273. The summed E-state index contributed by atoms with van der Waals surface area (Å²) in [5.74, 6) is 1.54. The Morgan fingerprint density at radius 1 is 1.31 bits per heavy atom. The monoisotopic (exact) mass is 236 g/mol. The van der Waals surface area contributed by atoms with E-state index in [9.17, 15) is 0 Å². The first-order chi connectivity index (χ1) is 7.61. The molecule has 0 bridgehead atoms. The van der Waals surface area contributed by atoms with Crippen LogP contribution in [0.3, 0.4) is 0 Å². The number of benzene rings is 1. The van der Waals surface area contributed by atoms with Crippen molar-refractivity contribution in [1.29, 1.82) is 0 Å². The number of aryl methyl sites for hydroxylation is 1. The van der Waals surface area contributed by atoms with Crippen LogP contribution in [-0.4, -0.2) is 14.8 Å². The predicted molar refractivity (Wildman–Crippen MR) is 63.2 cm³/mol. The molecule has 0 aliphatic heterocycles. The standard InChI is InChI=1S/C11H13ClN4/c1-7-14-15-11(16(7)2)10(13)8-5-3-4-6-9(8)12/h3-6,10H,13H2,1-2H3/t10-/m0/s1. The minimum absolute atomic E-state index is 0.347. The molecular weight excluding hydrogens is 224 g/mol. The number of rotatable bonds is 2. The largest absolute Gasteiger partial charge is 0.318 e. The third-order valence-electron chi connectivity index (χ3n) is 2.64. The Kier molecular flexibility index (Phi) is 2.94. The number of hydrogen-bond acceptors (Lipinski definition) is 3. The van der Waals surface area contributed by atoms with Crippen LogP contribution in [0.15, 0.2) is 24.3 Å². The third kappa shape index (κ3) is 1.81. The molecule has 1 heterocycles. The second-order valence-corrected chi connectivity index (χ2v) is 4.07. The summed E-state index contributed by atoms with van der Waals surface area (Å²) in [5, 5.41) is 8.69. The maximum Gasteiger partial charge on any atom is 0.154 e. The first-order valence-corrected chi connectivity index (χ1v) is 5.35. The molecule has 2 aromatic rings. The molecule has 1 aromatic heterocycles. The molecule has 2 N–H and O–H groups in total. The Labute approximate surface area is 99.1 Å². The van der Waals surface area contributed by atoms with Crippen LogP contribution in [0.5, 0.6) is 0 Å². The Hall–Kier alpha value is -1.39. The molecule has 84 valence electrons. The van der Waals surface area contributed by atoms with Gasteiger partial charge < -0.3 is 10.3 Å². The summed E-state index contributed by atoms with van der Waals surface area (Å²) in [7, 11) is 1.89. The number of aromatic nitrogens is 3. The van der Waals surface area contributed by atoms with Crippen LogP contribution in [0.1, 0.15) is 23.3 Å². The highest BCUT2D eigenvalue weighted by Crippen LogP contribution is 2.24. The minimum atomic E-state index is -0.347. The Balaban J connectivity index is 2.43. The van der Waals surface area contributed by atoms with Crippen LogP contribution in [0.2, 0.25) is 5.02 Å². The van der Waals surface area contributed by atoms with Gasteiger partial charge in [-0.2, -0.15) is 0 Å². The number of nitrogens with two attached hydrogens (primary N) is 1. The summed E-state index contributed by atoms with van der Waals surface area (Å²) in [4.78, 5) is 0. The fourth-order valence-electron chi connectivity index (χ4n) is 1.56. The molecule has 0 saturated heterocycles. The molecule has 0 aliphatic rings. The molecule has 0 saturated carbocycles. The van der Waals surface area contributed by atoms with Crippen LogP contribution < -0.4 is 5.73 Å². The van der Waals surface area contributed by atoms with Crippen molar-refractivity contribution in [3.63, 3.8) is 0 Å². The molecule has 0 fully saturated rings. The van der Waals surface area contributed by atoms with E-state index in [4.69, 9.17) is 17.3 Å². The maximum absolute atomic E-state index is 6.12. The van der Waals surface area contributed by atoms with E-state index in [0.29, 0.717) is 10.8 Å². The highest BCUT2D eigenvalue weighted by Gasteiger charge is 2.17. The smallest absolute Gasteiger partial charge is 0.154 e. The lowest BCUT2D eigenvalue weighted by Gasteiger charge is -2.12. The third-order valence-corrected chi connectivity index (χ3v) is 2.99. The summed E-state index contributed by atoms with van der Waals surface area (Å²) in [5.41, 5.74) is 6.98. The zero-order valence-electron chi connectivity index (χ0n) is 9.18. The van der Waals surface area contributed by atoms with Crippen LogP contribution in [-0.2, 0) is 7.05 Å². The van der Waals surface area contributed by atoms with Crippen molar-refractivity contribution in [2.45, 2.75) is 13.0 Å². The average Bonchev–Trinajstić information content (AvgIpc) is 2.60. The van der Waals surface area contributed by atoms with E-state index in [0.717, 1.165) is 11.4 Å². The van der Waals surface area contributed by atoms with Gasteiger partial charge in [-0.3, -0.25) is 0 Å². The number of nitrogens with zero attached hydrogens (tertiary/aromatic N) is 3. The first kappa shape index (κ1) is 11.1. The highest BCUT2D eigenvalue weighted by molar-refractivity contribution is 6.31. The topological polar surface area (TPSA) is 56.7 Å². The SMILES string of the molecule is Cc1nnc([C@@H](N)c2ccccc2Cl)n1C. The van der Waals surface area contributed by atoms with E-state index < -0.39 is 0 Å². The van der Waals surface area contributed by atoms with Crippen molar-refractivity contribution >= 4 is 11.6 Å². The van der Waals surface area contributed by atoms with Gasteiger partial charge >= 0.3 is 0 Å². The van der Waals surface area contributed by atoms with Gasteiger partial charge in [0, 0.05) is 12.1 Å². The Bertz CT molecular complexity index is 506. The van der Waals surface area contributed by atoms with Gasteiger partial charge in [-0.05, 0) is 18.6 Å².